The van der Waals surface area contributed by atoms with Gasteiger partial charge in [-0.15, -0.1) is 0 Å². The molecule has 0 radical (unpaired) electrons. The minimum Gasteiger partial charge on any atom is -0.299 e. The van der Waals surface area contributed by atoms with Gasteiger partial charge < -0.3 is 0 Å². The van der Waals surface area contributed by atoms with E-state index >= 15 is 0 Å². The third kappa shape index (κ3) is 4.34. The van der Waals surface area contributed by atoms with Crippen LogP contribution >= 0.6 is 0 Å². The lowest BCUT2D eigenvalue weighted by Crippen LogP contribution is -2.09. The SMILES string of the molecule is C\C=C/C=C\C=C\c1c2ccccc2c(-c2ccccc2)c2ccc(C3=CC(=N)C(=N)C=C3)cc12. The van der Waals surface area contributed by atoms with Crippen LogP contribution in [0.2, 0.25) is 0 Å². The Labute approximate surface area is 206 Å². The summed E-state index contributed by atoms with van der Waals surface area (Å²) in [7, 11) is 0. The molecule has 2 nitrogen and oxygen atoms in total. The standard InChI is InChI=1S/C33H26N2/c1-2-3-4-5-9-14-27-26-15-10-11-16-28(26)33(23-12-7-6-8-13-23)29-19-17-24(21-30(27)29)25-18-20-31(34)32(35)22-25/h2-22,34-35H,1H3/b3-2-,5-4-,14-9+,34-31?,35-32?. The predicted octanol–water partition coefficient (Wildman–Crippen LogP) is 8.80. The Kier molecular flexibility index (Phi) is 6.19. The molecule has 2 heteroatoms. The lowest BCUT2D eigenvalue weighted by molar-refractivity contribution is 1.49. The Balaban J connectivity index is 1.83. The van der Waals surface area contributed by atoms with Crippen LogP contribution in [0.5, 0.6) is 0 Å². The largest absolute Gasteiger partial charge is 0.299 e. The Morgan fingerprint density at radius 1 is 0.600 bits per heavy atom. The van der Waals surface area contributed by atoms with Gasteiger partial charge in [0, 0.05) is 0 Å². The number of allylic oxidation sites excluding steroid dienone is 9. The molecule has 2 N–H and O–H groups in total. The molecule has 4 aromatic carbocycles. The molecular weight excluding hydrogens is 424 g/mol. The molecule has 35 heavy (non-hydrogen) atoms. The molecule has 0 unspecified atom stereocenters. The summed E-state index contributed by atoms with van der Waals surface area (Å²) in [5.41, 5.74) is 6.06. The minimum atomic E-state index is 0.236. The number of hydrogen-bond acceptors (Lipinski definition) is 2. The van der Waals surface area contributed by atoms with Crippen molar-refractivity contribution in [2.75, 3.05) is 0 Å². The zero-order chi connectivity index (χ0) is 24.2. The van der Waals surface area contributed by atoms with Crippen LogP contribution < -0.4 is 0 Å². The van der Waals surface area contributed by atoms with Gasteiger partial charge in [-0.05, 0) is 74.5 Å². The summed E-state index contributed by atoms with van der Waals surface area (Å²) in [4.78, 5) is 0. The van der Waals surface area contributed by atoms with Crippen LogP contribution in [0.4, 0.5) is 0 Å². The molecule has 0 heterocycles. The van der Waals surface area contributed by atoms with Crippen LogP contribution in [0, 0.1) is 10.8 Å². The molecule has 0 atom stereocenters. The number of rotatable bonds is 5. The van der Waals surface area contributed by atoms with Gasteiger partial charge in [0.05, 0.1) is 11.4 Å². The summed E-state index contributed by atoms with van der Waals surface area (Å²) >= 11 is 0. The minimum absolute atomic E-state index is 0.236. The fourth-order valence-electron chi connectivity index (χ4n) is 4.60. The zero-order valence-electron chi connectivity index (χ0n) is 19.6. The molecule has 0 saturated carbocycles. The number of benzene rings is 4. The molecule has 1 aliphatic rings. The van der Waals surface area contributed by atoms with Crippen molar-refractivity contribution in [1.82, 2.24) is 0 Å². The van der Waals surface area contributed by atoms with Crippen molar-refractivity contribution in [3.63, 3.8) is 0 Å². The highest BCUT2D eigenvalue weighted by molar-refractivity contribution is 6.50. The van der Waals surface area contributed by atoms with Crippen molar-refractivity contribution in [2.24, 2.45) is 0 Å². The predicted molar refractivity (Wildman–Crippen MR) is 152 cm³/mol. The lowest BCUT2D eigenvalue weighted by Gasteiger charge is -2.17. The van der Waals surface area contributed by atoms with Crippen molar-refractivity contribution < 1.29 is 0 Å². The molecule has 0 aliphatic heterocycles. The van der Waals surface area contributed by atoms with Crippen LogP contribution in [0.1, 0.15) is 18.1 Å². The second-order valence-corrected chi connectivity index (χ2v) is 8.49. The van der Waals surface area contributed by atoms with Crippen molar-refractivity contribution in [3.8, 4) is 11.1 Å². The quantitative estimate of drug-likeness (QED) is 0.173. The van der Waals surface area contributed by atoms with E-state index in [4.69, 9.17) is 10.8 Å². The number of nitrogens with one attached hydrogen (secondary N) is 2. The van der Waals surface area contributed by atoms with Gasteiger partial charge in [-0.1, -0.05) is 109 Å². The monoisotopic (exact) mass is 450 g/mol. The normalized spacial score (nSPS) is 14.3. The maximum absolute atomic E-state index is 8.10. The van der Waals surface area contributed by atoms with E-state index in [1.807, 2.05) is 31.2 Å². The van der Waals surface area contributed by atoms with Gasteiger partial charge in [0.2, 0.25) is 0 Å². The second-order valence-electron chi connectivity index (χ2n) is 8.49. The molecule has 0 amide bonds. The average Bonchev–Trinajstić information content (AvgIpc) is 2.90. The van der Waals surface area contributed by atoms with Crippen LogP contribution in [0.25, 0.3) is 44.3 Å². The van der Waals surface area contributed by atoms with Crippen molar-refractivity contribution in [3.05, 3.63) is 133 Å². The molecule has 4 aromatic rings. The van der Waals surface area contributed by atoms with Gasteiger partial charge >= 0.3 is 0 Å². The smallest absolute Gasteiger partial charge is 0.0795 e. The fourth-order valence-corrected chi connectivity index (χ4v) is 4.60. The first kappa shape index (κ1) is 22.2. The summed E-state index contributed by atoms with van der Waals surface area (Å²) in [5, 5.41) is 20.8. The van der Waals surface area contributed by atoms with E-state index in [1.54, 1.807) is 12.2 Å². The summed E-state index contributed by atoms with van der Waals surface area (Å²) in [6, 6.07) is 25.7. The summed E-state index contributed by atoms with van der Waals surface area (Å²) in [5.74, 6) is 0. The summed E-state index contributed by atoms with van der Waals surface area (Å²) < 4.78 is 0. The second kappa shape index (κ2) is 9.74. The molecule has 168 valence electrons. The van der Waals surface area contributed by atoms with E-state index in [-0.39, 0.29) is 11.4 Å². The Bertz CT molecular complexity index is 1610. The van der Waals surface area contributed by atoms with Crippen LogP contribution in [0.15, 0.2) is 121 Å². The number of hydrogen-bond donors (Lipinski definition) is 2. The van der Waals surface area contributed by atoms with Crippen LogP contribution in [0.3, 0.4) is 0 Å². The molecule has 1 aliphatic carbocycles. The Morgan fingerprint density at radius 2 is 1.31 bits per heavy atom. The van der Waals surface area contributed by atoms with E-state index in [0.717, 1.165) is 16.5 Å². The van der Waals surface area contributed by atoms with E-state index < -0.39 is 0 Å². The third-order valence-electron chi connectivity index (χ3n) is 6.27. The first-order valence-corrected chi connectivity index (χ1v) is 11.7. The van der Waals surface area contributed by atoms with Gasteiger partial charge in [0.25, 0.3) is 0 Å². The third-order valence-corrected chi connectivity index (χ3v) is 6.27. The summed E-state index contributed by atoms with van der Waals surface area (Å²) in [6.07, 6.45) is 17.8. The van der Waals surface area contributed by atoms with E-state index in [9.17, 15) is 0 Å². The lowest BCUT2D eigenvalue weighted by atomic mass is 9.86. The molecule has 0 spiro atoms. The Hall–Kier alpha value is -4.56. The van der Waals surface area contributed by atoms with Gasteiger partial charge in [0.15, 0.2) is 0 Å². The van der Waals surface area contributed by atoms with Gasteiger partial charge in [-0.25, -0.2) is 0 Å². The molecular formula is C33H26N2. The van der Waals surface area contributed by atoms with Gasteiger partial charge in [-0.2, -0.15) is 0 Å². The molecule has 5 rings (SSSR count). The summed E-state index contributed by atoms with van der Waals surface area (Å²) in [6.45, 7) is 2.01. The van der Waals surface area contributed by atoms with E-state index in [2.05, 4.69) is 91.0 Å². The number of fused-ring (bicyclic) bond motifs is 2. The van der Waals surface area contributed by atoms with Crippen molar-refractivity contribution >= 4 is 44.6 Å². The fraction of sp³-hybridized carbons (Fsp3) is 0.0303. The maximum Gasteiger partial charge on any atom is 0.0795 e. The van der Waals surface area contributed by atoms with Crippen molar-refractivity contribution in [1.29, 1.82) is 10.8 Å². The highest BCUT2D eigenvalue weighted by Crippen LogP contribution is 2.41. The first-order valence-electron chi connectivity index (χ1n) is 11.7. The average molecular weight is 451 g/mol. The van der Waals surface area contributed by atoms with E-state index in [0.29, 0.717) is 0 Å². The van der Waals surface area contributed by atoms with Gasteiger partial charge in [-0.3, -0.25) is 10.8 Å². The first-order chi connectivity index (χ1) is 17.2. The van der Waals surface area contributed by atoms with Crippen LogP contribution in [-0.2, 0) is 0 Å². The van der Waals surface area contributed by atoms with E-state index in [1.165, 1.54) is 32.8 Å². The topological polar surface area (TPSA) is 47.7 Å². The molecule has 0 saturated heterocycles. The molecule has 0 bridgehead atoms. The van der Waals surface area contributed by atoms with Crippen LogP contribution in [-0.4, -0.2) is 11.4 Å². The molecule has 0 aromatic heterocycles. The highest BCUT2D eigenvalue weighted by atomic mass is 14.5. The molecule has 0 fully saturated rings. The Morgan fingerprint density at radius 3 is 2.09 bits per heavy atom. The maximum atomic E-state index is 8.10. The zero-order valence-corrected chi connectivity index (χ0v) is 19.6. The highest BCUT2D eigenvalue weighted by Gasteiger charge is 2.16. The van der Waals surface area contributed by atoms with Crippen molar-refractivity contribution in [2.45, 2.75) is 6.92 Å². The van der Waals surface area contributed by atoms with Gasteiger partial charge in [0.1, 0.15) is 0 Å².